The monoisotopic (exact) mass is 329 g/mol. The van der Waals surface area contributed by atoms with Crippen molar-refractivity contribution >= 4 is 22.4 Å². The molecule has 120 valence electrons. The van der Waals surface area contributed by atoms with Gasteiger partial charge in [-0.2, -0.15) is 0 Å². The molecule has 1 aromatic carbocycles. The molecule has 6 heteroatoms. The summed E-state index contributed by atoms with van der Waals surface area (Å²) in [6.07, 6.45) is 6.03. The molecule has 1 fully saturated rings. The first-order valence-corrected chi connectivity index (χ1v) is 8.83. The highest BCUT2D eigenvalue weighted by atomic mass is 32.1. The fourth-order valence-electron chi connectivity index (χ4n) is 3.34. The van der Waals surface area contributed by atoms with Crippen LogP contribution in [0.15, 0.2) is 35.8 Å². The van der Waals surface area contributed by atoms with Gasteiger partial charge in [0.2, 0.25) is 5.91 Å². The minimum atomic E-state index is -0.0633. The number of ether oxygens (including phenoxy) is 1. The van der Waals surface area contributed by atoms with Crippen molar-refractivity contribution in [1.29, 1.82) is 0 Å². The van der Waals surface area contributed by atoms with Crippen molar-refractivity contribution in [1.82, 2.24) is 10.3 Å². The van der Waals surface area contributed by atoms with Gasteiger partial charge in [-0.15, -0.1) is 11.3 Å². The van der Waals surface area contributed by atoms with Gasteiger partial charge in [0.1, 0.15) is 11.4 Å². The van der Waals surface area contributed by atoms with E-state index in [1.165, 1.54) is 17.8 Å². The average molecular weight is 329 g/mol. The van der Waals surface area contributed by atoms with E-state index in [0.717, 1.165) is 30.6 Å². The van der Waals surface area contributed by atoms with Crippen LogP contribution >= 0.6 is 11.3 Å². The van der Waals surface area contributed by atoms with Crippen molar-refractivity contribution < 1.29 is 9.53 Å². The largest absolute Gasteiger partial charge is 0.487 e. The lowest BCUT2D eigenvalue weighted by molar-refractivity contribution is -0.115. The Kier molecular flexibility index (Phi) is 3.79. The Hall–Kier alpha value is -1.92. The molecule has 1 aliphatic heterocycles. The van der Waals surface area contributed by atoms with Crippen LogP contribution in [0.2, 0.25) is 0 Å². The number of carbonyl (C=O) groups is 1. The zero-order chi connectivity index (χ0) is 15.7. The topological polar surface area (TPSA) is 63.2 Å². The van der Waals surface area contributed by atoms with Crippen LogP contribution in [-0.2, 0) is 4.79 Å². The van der Waals surface area contributed by atoms with Crippen LogP contribution in [0.25, 0.3) is 0 Å². The normalized spacial score (nSPS) is 21.1. The summed E-state index contributed by atoms with van der Waals surface area (Å²) in [6, 6.07) is 8.28. The SMILES string of the molecule is O=C(CNC1CC2(CCC2)Oc2ccccc21)Nc1nccs1. The smallest absolute Gasteiger partial charge is 0.240 e. The quantitative estimate of drug-likeness (QED) is 0.905. The minimum Gasteiger partial charge on any atom is -0.487 e. The zero-order valence-electron chi connectivity index (χ0n) is 12.7. The van der Waals surface area contributed by atoms with E-state index in [-0.39, 0.29) is 24.1 Å². The number of anilines is 1. The Labute approximate surface area is 139 Å². The van der Waals surface area contributed by atoms with Crippen LogP contribution in [0.1, 0.15) is 37.3 Å². The summed E-state index contributed by atoms with van der Waals surface area (Å²) in [6.45, 7) is 0.272. The number of nitrogens with one attached hydrogen (secondary N) is 2. The number of carbonyl (C=O) groups excluding carboxylic acids is 1. The number of rotatable bonds is 4. The van der Waals surface area contributed by atoms with Crippen LogP contribution in [0, 0.1) is 0 Å². The Morgan fingerprint density at radius 3 is 3.00 bits per heavy atom. The molecule has 1 saturated carbocycles. The van der Waals surface area contributed by atoms with Crippen molar-refractivity contribution in [3.8, 4) is 5.75 Å². The molecule has 1 aliphatic carbocycles. The van der Waals surface area contributed by atoms with E-state index in [1.807, 2.05) is 23.6 Å². The van der Waals surface area contributed by atoms with Gasteiger partial charge in [-0.3, -0.25) is 4.79 Å². The van der Waals surface area contributed by atoms with E-state index in [2.05, 4.69) is 21.7 Å². The molecule has 2 N–H and O–H groups in total. The summed E-state index contributed by atoms with van der Waals surface area (Å²) in [4.78, 5) is 16.1. The zero-order valence-corrected chi connectivity index (χ0v) is 13.6. The summed E-state index contributed by atoms with van der Waals surface area (Å²) in [5.41, 5.74) is 1.12. The molecular weight excluding hydrogens is 310 g/mol. The standard InChI is InChI=1S/C17H19N3O2S/c21-15(20-16-18-8-9-23-16)11-19-13-10-17(6-3-7-17)22-14-5-2-1-4-12(13)14/h1-2,4-5,8-9,13,19H,3,6-7,10-11H2,(H,18,20,21). The highest BCUT2D eigenvalue weighted by molar-refractivity contribution is 7.13. The average Bonchev–Trinajstić information content (AvgIpc) is 3.03. The summed E-state index contributed by atoms with van der Waals surface area (Å²) in [5.74, 6) is 0.892. The molecule has 1 unspecified atom stereocenters. The number of thiazole rings is 1. The van der Waals surface area contributed by atoms with Crippen LogP contribution < -0.4 is 15.4 Å². The van der Waals surface area contributed by atoms with Gasteiger partial charge in [0.25, 0.3) is 0 Å². The maximum atomic E-state index is 12.1. The molecule has 1 aromatic heterocycles. The molecule has 0 bridgehead atoms. The second-order valence-corrected chi connectivity index (χ2v) is 7.09. The Morgan fingerprint density at radius 2 is 2.26 bits per heavy atom. The van der Waals surface area contributed by atoms with Gasteiger partial charge in [0.05, 0.1) is 6.54 Å². The van der Waals surface area contributed by atoms with Crippen molar-refractivity contribution in [2.75, 3.05) is 11.9 Å². The van der Waals surface area contributed by atoms with Gasteiger partial charge in [-0.1, -0.05) is 18.2 Å². The molecule has 2 heterocycles. The molecule has 1 amide bonds. The first-order valence-electron chi connectivity index (χ1n) is 7.95. The van der Waals surface area contributed by atoms with Gasteiger partial charge < -0.3 is 15.4 Å². The number of benzene rings is 1. The third-order valence-corrected chi connectivity index (χ3v) is 5.34. The van der Waals surface area contributed by atoms with Crippen molar-refractivity contribution in [3.63, 3.8) is 0 Å². The molecule has 0 saturated heterocycles. The number of hydrogen-bond donors (Lipinski definition) is 2. The Morgan fingerprint density at radius 1 is 1.39 bits per heavy atom. The number of nitrogens with zero attached hydrogens (tertiary/aromatic N) is 1. The van der Waals surface area contributed by atoms with Gasteiger partial charge >= 0.3 is 0 Å². The number of para-hydroxylation sites is 1. The molecule has 5 nitrogen and oxygen atoms in total. The molecule has 2 aliphatic rings. The van der Waals surface area contributed by atoms with Crippen LogP contribution in [0.4, 0.5) is 5.13 Å². The van der Waals surface area contributed by atoms with E-state index in [0.29, 0.717) is 5.13 Å². The summed E-state index contributed by atoms with van der Waals surface area (Å²) in [5, 5.41) is 8.69. The van der Waals surface area contributed by atoms with Crippen molar-refractivity contribution in [2.45, 2.75) is 37.3 Å². The predicted octanol–water partition coefficient (Wildman–Crippen LogP) is 3.12. The molecular formula is C17H19N3O2S. The lowest BCUT2D eigenvalue weighted by Gasteiger charge is -2.48. The van der Waals surface area contributed by atoms with Gasteiger partial charge in [0.15, 0.2) is 5.13 Å². The second-order valence-electron chi connectivity index (χ2n) is 6.20. The van der Waals surface area contributed by atoms with E-state index < -0.39 is 0 Å². The molecule has 4 rings (SSSR count). The third-order valence-electron chi connectivity index (χ3n) is 4.65. The fraction of sp³-hybridized carbons (Fsp3) is 0.412. The molecule has 0 radical (unpaired) electrons. The first kappa shape index (κ1) is 14.7. The van der Waals surface area contributed by atoms with Crippen LogP contribution in [0.5, 0.6) is 5.75 Å². The second kappa shape index (κ2) is 5.94. The highest BCUT2D eigenvalue weighted by Crippen LogP contribution is 2.48. The van der Waals surface area contributed by atoms with Crippen molar-refractivity contribution in [3.05, 3.63) is 41.4 Å². The minimum absolute atomic E-state index is 0.0300. The fourth-order valence-corrected chi connectivity index (χ4v) is 3.89. The summed E-state index contributed by atoms with van der Waals surface area (Å²) >= 11 is 1.42. The molecule has 1 spiro atoms. The number of aromatic nitrogens is 1. The lowest BCUT2D eigenvalue weighted by Crippen LogP contribution is -2.49. The Balaban J connectivity index is 1.44. The number of amides is 1. The number of fused-ring (bicyclic) bond motifs is 1. The van der Waals surface area contributed by atoms with Gasteiger partial charge in [-0.25, -0.2) is 4.98 Å². The summed E-state index contributed by atoms with van der Waals surface area (Å²) < 4.78 is 6.23. The molecule has 23 heavy (non-hydrogen) atoms. The van der Waals surface area contributed by atoms with Gasteiger partial charge in [0, 0.05) is 29.6 Å². The summed E-state index contributed by atoms with van der Waals surface area (Å²) in [7, 11) is 0. The maximum absolute atomic E-state index is 12.1. The Bertz CT molecular complexity index is 698. The van der Waals surface area contributed by atoms with Gasteiger partial charge in [-0.05, 0) is 25.3 Å². The highest BCUT2D eigenvalue weighted by Gasteiger charge is 2.45. The van der Waals surface area contributed by atoms with E-state index in [9.17, 15) is 4.79 Å². The van der Waals surface area contributed by atoms with E-state index in [4.69, 9.17) is 4.74 Å². The predicted molar refractivity (Wildman–Crippen MR) is 89.8 cm³/mol. The maximum Gasteiger partial charge on any atom is 0.240 e. The van der Waals surface area contributed by atoms with E-state index >= 15 is 0 Å². The van der Waals surface area contributed by atoms with Crippen LogP contribution in [-0.4, -0.2) is 23.0 Å². The van der Waals surface area contributed by atoms with E-state index in [1.54, 1.807) is 6.20 Å². The molecule has 2 aromatic rings. The van der Waals surface area contributed by atoms with Crippen LogP contribution in [0.3, 0.4) is 0 Å². The number of hydrogen-bond acceptors (Lipinski definition) is 5. The molecule has 1 atom stereocenters. The third kappa shape index (κ3) is 2.96. The van der Waals surface area contributed by atoms with Crippen molar-refractivity contribution in [2.24, 2.45) is 0 Å². The lowest BCUT2D eigenvalue weighted by atomic mass is 9.73. The first-order chi connectivity index (χ1) is 11.2.